The third-order valence-electron chi connectivity index (χ3n) is 5.51. The maximum atomic E-state index is 12.6. The maximum Gasteiger partial charge on any atom is 0.262 e. The van der Waals surface area contributed by atoms with Crippen molar-refractivity contribution in [3.05, 3.63) is 48.5 Å². The molecule has 1 fully saturated rings. The summed E-state index contributed by atoms with van der Waals surface area (Å²) in [6.45, 7) is 3.89. The Hall–Kier alpha value is -3.11. The van der Waals surface area contributed by atoms with E-state index in [1.54, 1.807) is 24.3 Å². The predicted octanol–water partition coefficient (Wildman–Crippen LogP) is 1.62. The number of hydrogen-bond acceptors (Lipinski definition) is 7. The second kappa shape index (κ2) is 9.58. The van der Waals surface area contributed by atoms with Crippen LogP contribution in [0.5, 0.6) is 5.75 Å². The molecule has 0 atom stereocenters. The standard InChI is InChI=1S/C22H27N5O4S/c28-19-8-6-18(7-9-19)27-13-11-26(12-14-27)16-22(29)24-17-3-1-4-20(15-17)32(30,31)25-21-5-2-10-23-21/h1,3-4,6-9,15,28H,2,5,10-14,16H2,(H,23,25)(H,24,29). The molecule has 0 bridgehead atoms. The van der Waals surface area contributed by atoms with Crippen molar-refractivity contribution < 1.29 is 18.3 Å². The highest BCUT2D eigenvalue weighted by atomic mass is 32.2. The van der Waals surface area contributed by atoms with Gasteiger partial charge in [-0.05, 0) is 48.9 Å². The number of benzene rings is 2. The fourth-order valence-electron chi connectivity index (χ4n) is 3.81. The number of nitrogens with zero attached hydrogens (tertiary/aromatic N) is 3. The predicted molar refractivity (Wildman–Crippen MR) is 124 cm³/mol. The van der Waals surface area contributed by atoms with Crippen LogP contribution in [0.3, 0.4) is 0 Å². The number of carbonyl (C=O) groups excluding carboxylic acids is 1. The monoisotopic (exact) mass is 457 g/mol. The molecule has 0 spiro atoms. The van der Waals surface area contributed by atoms with Crippen molar-refractivity contribution in [1.82, 2.24) is 9.62 Å². The molecule has 3 N–H and O–H groups in total. The molecule has 2 aromatic rings. The molecule has 2 aliphatic rings. The van der Waals surface area contributed by atoms with E-state index in [1.807, 2.05) is 12.1 Å². The minimum atomic E-state index is -3.73. The lowest BCUT2D eigenvalue weighted by atomic mass is 10.2. The number of phenols is 1. The van der Waals surface area contributed by atoms with Crippen LogP contribution in [-0.4, -0.2) is 69.4 Å². The number of carbonyl (C=O) groups is 1. The summed E-state index contributed by atoms with van der Waals surface area (Å²) in [5.41, 5.74) is 1.48. The van der Waals surface area contributed by atoms with E-state index >= 15 is 0 Å². The molecule has 4 rings (SSSR count). The van der Waals surface area contributed by atoms with Gasteiger partial charge in [0.15, 0.2) is 0 Å². The summed E-state index contributed by atoms with van der Waals surface area (Å²) >= 11 is 0. The number of piperazine rings is 1. The minimum Gasteiger partial charge on any atom is -0.508 e. The smallest absolute Gasteiger partial charge is 0.262 e. The molecule has 10 heteroatoms. The number of aromatic hydroxyl groups is 1. The van der Waals surface area contributed by atoms with Crippen LogP contribution in [0.25, 0.3) is 0 Å². The van der Waals surface area contributed by atoms with Crippen LogP contribution < -0.4 is 14.9 Å². The highest BCUT2D eigenvalue weighted by molar-refractivity contribution is 7.90. The van der Waals surface area contributed by atoms with Crippen LogP contribution in [0.15, 0.2) is 58.4 Å². The third-order valence-corrected chi connectivity index (χ3v) is 6.89. The zero-order valence-corrected chi connectivity index (χ0v) is 18.5. The molecule has 1 saturated heterocycles. The van der Waals surface area contributed by atoms with Crippen molar-refractivity contribution in [2.75, 3.05) is 49.5 Å². The van der Waals surface area contributed by atoms with Crippen LogP contribution >= 0.6 is 0 Å². The van der Waals surface area contributed by atoms with Gasteiger partial charge in [-0.3, -0.25) is 19.4 Å². The Morgan fingerprint density at radius 1 is 1.06 bits per heavy atom. The number of hydrogen-bond donors (Lipinski definition) is 3. The van der Waals surface area contributed by atoms with Gasteiger partial charge in [0.25, 0.3) is 10.0 Å². The highest BCUT2D eigenvalue weighted by Gasteiger charge is 2.21. The number of amides is 1. The zero-order chi connectivity index (χ0) is 22.6. The van der Waals surface area contributed by atoms with Crippen LogP contribution in [0.2, 0.25) is 0 Å². The van der Waals surface area contributed by atoms with Gasteiger partial charge in [0.2, 0.25) is 5.91 Å². The minimum absolute atomic E-state index is 0.0902. The van der Waals surface area contributed by atoms with E-state index in [-0.39, 0.29) is 23.1 Å². The molecule has 2 aliphatic heterocycles. The highest BCUT2D eigenvalue weighted by Crippen LogP contribution is 2.20. The van der Waals surface area contributed by atoms with Crippen molar-refractivity contribution in [2.45, 2.75) is 17.7 Å². The molecule has 0 radical (unpaired) electrons. The van der Waals surface area contributed by atoms with Crippen LogP contribution in [0, 0.1) is 0 Å². The van der Waals surface area contributed by atoms with Crippen LogP contribution in [0.4, 0.5) is 11.4 Å². The lowest BCUT2D eigenvalue weighted by molar-refractivity contribution is -0.117. The van der Waals surface area contributed by atoms with Crippen LogP contribution in [0.1, 0.15) is 12.8 Å². The van der Waals surface area contributed by atoms with Crippen molar-refractivity contribution in [3.8, 4) is 5.75 Å². The van der Waals surface area contributed by atoms with Gasteiger partial charge in [-0.25, -0.2) is 8.42 Å². The first-order valence-electron chi connectivity index (χ1n) is 10.6. The normalized spacial score (nSPS) is 17.1. The maximum absolute atomic E-state index is 12.6. The second-order valence-corrected chi connectivity index (χ2v) is 9.58. The van der Waals surface area contributed by atoms with Crippen LogP contribution in [-0.2, 0) is 14.8 Å². The second-order valence-electron chi connectivity index (χ2n) is 7.89. The summed E-state index contributed by atoms with van der Waals surface area (Å²) in [4.78, 5) is 21.0. The van der Waals surface area contributed by atoms with Crippen molar-refractivity contribution in [2.24, 2.45) is 4.99 Å². The average Bonchev–Trinajstić information content (AvgIpc) is 3.27. The molecular formula is C22H27N5O4S. The van der Waals surface area contributed by atoms with E-state index in [9.17, 15) is 18.3 Å². The number of anilines is 2. The summed E-state index contributed by atoms with van der Waals surface area (Å²) in [6, 6.07) is 13.3. The van der Waals surface area contributed by atoms with Gasteiger partial charge in [0, 0.05) is 50.5 Å². The number of phenolic OH excluding ortho intramolecular Hbond substituents is 1. The number of sulfonamides is 1. The van der Waals surface area contributed by atoms with Gasteiger partial charge in [0.1, 0.15) is 11.6 Å². The molecule has 32 heavy (non-hydrogen) atoms. The van der Waals surface area contributed by atoms with Gasteiger partial charge < -0.3 is 15.3 Å². The van der Waals surface area contributed by atoms with Crippen molar-refractivity contribution in [1.29, 1.82) is 0 Å². The largest absolute Gasteiger partial charge is 0.508 e. The first kappa shape index (κ1) is 22.1. The molecule has 2 heterocycles. The number of nitrogens with one attached hydrogen (secondary N) is 2. The Balaban J connectivity index is 1.30. The molecular weight excluding hydrogens is 430 g/mol. The summed E-state index contributed by atoms with van der Waals surface area (Å²) in [5, 5.41) is 12.2. The molecule has 0 aliphatic carbocycles. The van der Waals surface area contributed by atoms with Gasteiger partial charge in [-0.2, -0.15) is 0 Å². The Kier molecular flexibility index (Phi) is 6.61. The lowest BCUT2D eigenvalue weighted by Crippen LogP contribution is -2.48. The number of aliphatic imine (C=N–C) groups is 1. The van der Waals surface area contributed by atoms with Crippen molar-refractivity contribution >= 4 is 33.1 Å². The Morgan fingerprint density at radius 2 is 1.81 bits per heavy atom. The van der Waals surface area contributed by atoms with Crippen molar-refractivity contribution in [3.63, 3.8) is 0 Å². The number of rotatable bonds is 6. The fraction of sp³-hybridized carbons (Fsp3) is 0.364. The molecule has 170 valence electrons. The molecule has 0 aromatic heterocycles. The first-order chi connectivity index (χ1) is 15.4. The third kappa shape index (κ3) is 5.57. The molecule has 9 nitrogen and oxygen atoms in total. The molecule has 0 saturated carbocycles. The van der Waals surface area contributed by atoms with E-state index in [0.29, 0.717) is 24.5 Å². The first-order valence-corrected chi connectivity index (χ1v) is 12.1. The van der Waals surface area contributed by atoms with E-state index in [0.717, 1.165) is 38.3 Å². The Bertz CT molecular complexity index is 1090. The van der Waals surface area contributed by atoms with Gasteiger partial charge in [-0.15, -0.1) is 0 Å². The summed E-state index contributed by atoms with van der Waals surface area (Å²) < 4.78 is 27.7. The molecule has 0 unspecified atom stereocenters. The lowest BCUT2D eigenvalue weighted by Gasteiger charge is -2.35. The average molecular weight is 458 g/mol. The molecule has 1 amide bonds. The summed E-state index contributed by atoms with van der Waals surface area (Å²) in [7, 11) is -3.73. The summed E-state index contributed by atoms with van der Waals surface area (Å²) in [5.74, 6) is 0.528. The quantitative estimate of drug-likeness (QED) is 0.607. The van der Waals surface area contributed by atoms with Gasteiger partial charge in [0.05, 0.1) is 11.4 Å². The van der Waals surface area contributed by atoms with E-state index in [4.69, 9.17) is 0 Å². The Labute approximate surface area is 187 Å². The van der Waals surface area contributed by atoms with E-state index in [2.05, 4.69) is 24.8 Å². The van der Waals surface area contributed by atoms with Gasteiger partial charge >= 0.3 is 0 Å². The zero-order valence-electron chi connectivity index (χ0n) is 17.7. The SMILES string of the molecule is O=C(CN1CCN(c2ccc(O)cc2)CC1)Nc1cccc(S(=O)(=O)NC2=NCCC2)c1. The topological polar surface area (TPSA) is 114 Å². The van der Waals surface area contributed by atoms with E-state index in [1.165, 1.54) is 12.1 Å². The number of amidine groups is 1. The molecule has 2 aromatic carbocycles. The van der Waals surface area contributed by atoms with Gasteiger partial charge in [-0.1, -0.05) is 6.07 Å². The van der Waals surface area contributed by atoms with E-state index < -0.39 is 10.0 Å². The fourth-order valence-corrected chi connectivity index (χ4v) is 4.94. The summed E-state index contributed by atoms with van der Waals surface area (Å²) in [6.07, 6.45) is 1.47. The Morgan fingerprint density at radius 3 is 2.50 bits per heavy atom.